The molecule has 1 fully saturated rings. The fourth-order valence-electron chi connectivity index (χ4n) is 2.71. The number of rotatable bonds is 2. The van der Waals surface area contributed by atoms with Crippen molar-refractivity contribution in [3.63, 3.8) is 0 Å². The Morgan fingerprint density at radius 1 is 1.39 bits per heavy atom. The number of carbonyl (C=O) groups is 1. The van der Waals surface area contributed by atoms with Crippen LogP contribution in [0, 0.1) is 5.92 Å². The minimum Gasteiger partial charge on any atom is -0.317 e. The van der Waals surface area contributed by atoms with Gasteiger partial charge in [-0.25, -0.2) is 4.79 Å². The SMILES string of the molecule is CC1(C)C2=NOC(=O)C2CN1Cc1ccccc1. The molecule has 0 bridgehead atoms. The van der Waals surface area contributed by atoms with Crippen LogP contribution in [-0.2, 0) is 16.2 Å². The zero-order valence-electron chi connectivity index (χ0n) is 10.6. The van der Waals surface area contributed by atoms with Crippen molar-refractivity contribution in [3.05, 3.63) is 35.9 Å². The van der Waals surface area contributed by atoms with E-state index in [-0.39, 0.29) is 17.4 Å². The van der Waals surface area contributed by atoms with Gasteiger partial charge in [0.15, 0.2) is 0 Å². The van der Waals surface area contributed by atoms with Crippen molar-refractivity contribution in [2.24, 2.45) is 11.1 Å². The van der Waals surface area contributed by atoms with Crippen molar-refractivity contribution >= 4 is 11.7 Å². The molecule has 0 amide bonds. The standard InChI is InChI=1S/C14H16N2O2/c1-14(2)12-11(13(17)18-15-12)9-16(14)8-10-6-4-3-5-7-10/h3-7,11H,8-9H2,1-2H3. The Kier molecular flexibility index (Phi) is 2.48. The summed E-state index contributed by atoms with van der Waals surface area (Å²) >= 11 is 0. The minimum absolute atomic E-state index is 0.177. The lowest BCUT2D eigenvalue weighted by Gasteiger charge is -2.31. The Bertz CT molecular complexity index is 508. The topological polar surface area (TPSA) is 41.9 Å². The lowest BCUT2D eigenvalue weighted by Crippen LogP contribution is -2.42. The first-order chi connectivity index (χ1) is 8.59. The molecule has 0 radical (unpaired) electrons. The molecule has 1 unspecified atom stereocenters. The molecule has 2 aliphatic heterocycles. The number of hydrogen-bond donors (Lipinski definition) is 0. The van der Waals surface area contributed by atoms with Gasteiger partial charge in [-0.15, -0.1) is 0 Å². The van der Waals surface area contributed by atoms with Crippen LogP contribution in [0.4, 0.5) is 0 Å². The number of carbonyl (C=O) groups excluding carboxylic acids is 1. The largest absolute Gasteiger partial charge is 0.345 e. The molecular weight excluding hydrogens is 228 g/mol. The summed E-state index contributed by atoms with van der Waals surface area (Å²) < 4.78 is 0. The van der Waals surface area contributed by atoms with Gasteiger partial charge in [-0.2, -0.15) is 0 Å². The van der Waals surface area contributed by atoms with Gasteiger partial charge in [-0.3, -0.25) is 4.90 Å². The molecule has 0 N–H and O–H groups in total. The van der Waals surface area contributed by atoms with E-state index in [4.69, 9.17) is 4.84 Å². The highest BCUT2D eigenvalue weighted by Crippen LogP contribution is 2.35. The molecule has 3 rings (SSSR count). The maximum absolute atomic E-state index is 11.6. The number of nitrogens with zero attached hydrogens (tertiary/aromatic N) is 2. The van der Waals surface area contributed by atoms with E-state index in [2.05, 4.69) is 36.0 Å². The van der Waals surface area contributed by atoms with E-state index in [0.29, 0.717) is 6.54 Å². The van der Waals surface area contributed by atoms with Crippen molar-refractivity contribution in [1.29, 1.82) is 0 Å². The summed E-state index contributed by atoms with van der Waals surface area (Å²) in [6, 6.07) is 10.3. The van der Waals surface area contributed by atoms with Crippen LogP contribution in [0.1, 0.15) is 19.4 Å². The zero-order valence-corrected chi connectivity index (χ0v) is 10.6. The van der Waals surface area contributed by atoms with Crippen LogP contribution < -0.4 is 0 Å². The van der Waals surface area contributed by atoms with E-state index in [9.17, 15) is 4.79 Å². The van der Waals surface area contributed by atoms with Gasteiger partial charge in [-0.05, 0) is 19.4 Å². The van der Waals surface area contributed by atoms with Gasteiger partial charge < -0.3 is 4.84 Å². The molecule has 2 aliphatic rings. The lowest BCUT2D eigenvalue weighted by atomic mass is 9.94. The fraction of sp³-hybridized carbons (Fsp3) is 0.429. The van der Waals surface area contributed by atoms with Crippen LogP contribution in [0.15, 0.2) is 35.5 Å². The third-order valence-corrected chi connectivity index (χ3v) is 3.89. The van der Waals surface area contributed by atoms with E-state index < -0.39 is 0 Å². The summed E-state index contributed by atoms with van der Waals surface area (Å²) in [5.41, 5.74) is 1.90. The second-order valence-electron chi connectivity index (χ2n) is 5.36. The van der Waals surface area contributed by atoms with Crippen LogP contribution in [0.2, 0.25) is 0 Å². The molecule has 0 spiro atoms. The van der Waals surface area contributed by atoms with Gasteiger partial charge in [0.05, 0.1) is 11.3 Å². The molecule has 18 heavy (non-hydrogen) atoms. The predicted octanol–water partition coefficient (Wildman–Crippen LogP) is 1.81. The number of hydrogen-bond acceptors (Lipinski definition) is 4. The Labute approximate surface area is 106 Å². The van der Waals surface area contributed by atoms with Crippen molar-refractivity contribution in [2.75, 3.05) is 6.54 Å². The van der Waals surface area contributed by atoms with Gasteiger partial charge in [0.2, 0.25) is 0 Å². The van der Waals surface area contributed by atoms with E-state index in [0.717, 1.165) is 12.3 Å². The molecule has 4 nitrogen and oxygen atoms in total. The average molecular weight is 244 g/mol. The highest BCUT2D eigenvalue weighted by atomic mass is 16.7. The maximum atomic E-state index is 11.6. The molecule has 94 valence electrons. The summed E-state index contributed by atoms with van der Waals surface area (Å²) in [6.07, 6.45) is 0. The maximum Gasteiger partial charge on any atom is 0.345 e. The van der Waals surface area contributed by atoms with Crippen molar-refractivity contribution in [2.45, 2.75) is 25.9 Å². The molecule has 1 aromatic carbocycles. The first-order valence-corrected chi connectivity index (χ1v) is 6.17. The van der Waals surface area contributed by atoms with Crippen molar-refractivity contribution in [3.8, 4) is 0 Å². The molecular formula is C14H16N2O2. The van der Waals surface area contributed by atoms with E-state index in [1.54, 1.807) is 0 Å². The fourth-order valence-corrected chi connectivity index (χ4v) is 2.71. The van der Waals surface area contributed by atoms with Crippen LogP contribution in [0.5, 0.6) is 0 Å². The third-order valence-electron chi connectivity index (χ3n) is 3.89. The highest BCUT2D eigenvalue weighted by Gasteiger charge is 2.51. The summed E-state index contributed by atoms with van der Waals surface area (Å²) in [4.78, 5) is 18.6. The average Bonchev–Trinajstić information content (AvgIpc) is 2.82. The Hall–Kier alpha value is -1.68. The Morgan fingerprint density at radius 2 is 2.11 bits per heavy atom. The van der Waals surface area contributed by atoms with Crippen molar-refractivity contribution < 1.29 is 9.63 Å². The molecule has 1 saturated heterocycles. The molecule has 0 aromatic heterocycles. The molecule has 1 aromatic rings. The number of oxime groups is 1. The van der Waals surface area contributed by atoms with Crippen molar-refractivity contribution in [1.82, 2.24) is 4.90 Å². The molecule has 4 heteroatoms. The summed E-state index contributed by atoms with van der Waals surface area (Å²) in [6.45, 7) is 5.71. The van der Waals surface area contributed by atoms with Gasteiger partial charge in [-0.1, -0.05) is 35.5 Å². The van der Waals surface area contributed by atoms with E-state index >= 15 is 0 Å². The van der Waals surface area contributed by atoms with Gasteiger partial charge in [0, 0.05) is 13.1 Å². The molecule has 0 aliphatic carbocycles. The first-order valence-electron chi connectivity index (χ1n) is 6.17. The number of fused-ring (bicyclic) bond motifs is 1. The van der Waals surface area contributed by atoms with Crippen LogP contribution in [-0.4, -0.2) is 28.7 Å². The van der Waals surface area contributed by atoms with Crippen LogP contribution in [0.25, 0.3) is 0 Å². The van der Waals surface area contributed by atoms with Gasteiger partial charge in [0.1, 0.15) is 5.92 Å². The minimum atomic E-state index is -0.216. The van der Waals surface area contributed by atoms with E-state index in [1.165, 1.54) is 5.56 Å². The molecule has 0 saturated carbocycles. The quantitative estimate of drug-likeness (QED) is 0.745. The first kappa shape index (κ1) is 11.4. The number of likely N-dealkylation sites (tertiary alicyclic amines) is 1. The normalized spacial score (nSPS) is 25.8. The zero-order chi connectivity index (χ0) is 12.8. The highest BCUT2D eigenvalue weighted by molar-refractivity contribution is 6.11. The number of benzene rings is 1. The lowest BCUT2D eigenvalue weighted by molar-refractivity contribution is -0.143. The van der Waals surface area contributed by atoms with Gasteiger partial charge >= 0.3 is 5.97 Å². The Balaban J connectivity index is 1.84. The second kappa shape index (κ2) is 3.92. The molecule has 1 atom stereocenters. The summed E-state index contributed by atoms with van der Waals surface area (Å²) in [5, 5.41) is 3.95. The van der Waals surface area contributed by atoms with Crippen LogP contribution in [0.3, 0.4) is 0 Å². The molecule has 2 heterocycles. The third kappa shape index (κ3) is 1.64. The summed E-state index contributed by atoms with van der Waals surface area (Å²) in [7, 11) is 0. The monoisotopic (exact) mass is 244 g/mol. The Morgan fingerprint density at radius 3 is 2.78 bits per heavy atom. The summed E-state index contributed by atoms with van der Waals surface area (Å²) in [5.74, 6) is -0.391. The van der Waals surface area contributed by atoms with Crippen LogP contribution >= 0.6 is 0 Å². The van der Waals surface area contributed by atoms with E-state index in [1.807, 2.05) is 18.2 Å². The second-order valence-corrected chi connectivity index (χ2v) is 5.36. The van der Waals surface area contributed by atoms with Gasteiger partial charge in [0.25, 0.3) is 0 Å². The smallest absolute Gasteiger partial charge is 0.317 e. The predicted molar refractivity (Wildman–Crippen MR) is 67.9 cm³/mol.